The van der Waals surface area contributed by atoms with Crippen LogP contribution >= 0.6 is 11.8 Å². The zero-order chi connectivity index (χ0) is 68.9. The van der Waals surface area contributed by atoms with Crippen LogP contribution in [0, 0.1) is 58.2 Å². The number of H-pyrrole nitrogens is 2. The summed E-state index contributed by atoms with van der Waals surface area (Å²) in [6, 6.07) is -1.57. The SMILES string of the molecule is CSCC[C@@H](C(=O)NC(=O)CC[C@@H](C)[C@H]1CCC2C3C(O)CC4CCCC[C@]4(C)C3CC(O)[C@@]21C)N(N)C(=O)[C@H](CC(C)C)NC(=O)[C@H](Cc1cnc[nH]1)NC(=O)CNC(=O)[C@@H](NC(=O)[C@H](C)NC(=O)[C@H](Cc1c[nH]c2ccccc12)NC(=O)[C@@H](N)CCC(N)=O)C(C)C. The summed E-state index contributed by atoms with van der Waals surface area (Å²) in [5, 5.41) is 43.7. The highest BCUT2D eigenvalue weighted by molar-refractivity contribution is 7.98. The standard InChI is InChI=1S/C67H104N14O12S/c1-35(2)26-50(65(93)81(70)51(23-25-94-9)63(91)79-55(85)22-17-37(5)43-18-19-44-57-45(30-53(83)67(43,44)8)66(7)24-13-12-14-40(66)28-52(57)82)78-62(90)49(29-41-32-71-34-74-41)76-56(86)33-73-64(92)58(36(3)4)80-59(87)38(6)75-61(89)48(77-60(88)46(68)20-21-54(69)84)27-39-31-72-47-16-11-10-15-42(39)47/h10-11,15-16,31-32,34-38,40,43-46,48-53,57-58,72,82-83H,12-14,17-30,33,68,70H2,1-9H3,(H2,69,84)(H,71,74)(H,73,92)(H,75,89)(H,76,86)(H,77,88)(H,78,90)(H,80,87)(H,79,85,91)/t37-,38+,40?,43-,44?,45?,46+,48+,49+,50+,51+,52?,53?,57?,58+,66+,67-/m1/s1. The van der Waals surface area contributed by atoms with Crippen LogP contribution in [0.5, 0.6) is 0 Å². The van der Waals surface area contributed by atoms with Gasteiger partial charge in [-0.2, -0.15) is 11.8 Å². The van der Waals surface area contributed by atoms with Gasteiger partial charge in [-0.05, 0) is 153 Å². The Morgan fingerprint density at radius 2 is 1.46 bits per heavy atom. The van der Waals surface area contributed by atoms with Gasteiger partial charge in [-0.1, -0.05) is 79.5 Å². The molecular weight excluding hydrogens is 1220 g/mol. The quantitative estimate of drug-likeness (QED) is 0.0242. The Kier molecular flexibility index (Phi) is 26.3. The first-order chi connectivity index (χ1) is 44.5. The number of nitrogens with one attached hydrogen (secondary N) is 9. The van der Waals surface area contributed by atoms with Crippen LogP contribution in [0.3, 0.4) is 0 Å². The van der Waals surface area contributed by atoms with E-state index in [0.29, 0.717) is 35.8 Å². The molecule has 10 amide bonds. The molecule has 17 atom stereocenters. The number of amides is 10. The predicted molar refractivity (Wildman–Crippen MR) is 355 cm³/mol. The summed E-state index contributed by atoms with van der Waals surface area (Å²) < 4.78 is 0. The zero-order valence-corrected chi connectivity index (χ0v) is 56.9. The highest BCUT2D eigenvalue weighted by Gasteiger charge is 2.65. The zero-order valence-electron chi connectivity index (χ0n) is 56.1. The predicted octanol–water partition coefficient (Wildman–Crippen LogP) is 2.40. The lowest BCUT2D eigenvalue weighted by Crippen LogP contribution is -2.61. The number of imidazole rings is 1. The maximum absolute atomic E-state index is 14.5. The van der Waals surface area contributed by atoms with Gasteiger partial charge in [0.2, 0.25) is 47.3 Å². The minimum absolute atomic E-state index is 0.0108. The van der Waals surface area contributed by atoms with E-state index in [1.165, 1.54) is 44.1 Å². The van der Waals surface area contributed by atoms with Crippen LogP contribution in [0.4, 0.5) is 0 Å². The number of aromatic nitrogens is 3. The Bertz CT molecular complexity index is 3150. The van der Waals surface area contributed by atoms with E-state index in [-0.39, 0.29) is 85.9 Å². The highest BCUT2D eigenvalue weighted by atomic mass is 32.2. The number of para-hydroxylation sites is 1. The molecule has 26 nitrogen and oxygen atoms in total. The van der Waals surface area contributed by atoms with Crippen molar-refractivity contribution >= 4 is 81.7 Å². The summed E-state index contributed by atoms with van der Waals surface area (Å²) >= 11 is 1.41. The third kappa shape index (κ3) is 18.1. The van der Waals surface area contributed by atoms with Crippen molar-refractivity contribution < 1.29 is 58.2 Å². The Morgan fingerprint density at radius 1 is 0.755 bits per heavy atom. The Balaban J connectivity index is 0.941. The van der Waals surface area contributed by atoms with Crippen molar-refractivity contribution in [3.8, 4) is 0 Å². The van der Waals surface area contributed by atoms with Crippen molar-refractivity contribution in [1.82, 2.24) is 57.2 Å². The van der Waals surface area contributed by atoms with E-state index in [1.54, 1.807) is 20.0 Å². The number of carbonyl (C=O) groups excluding carboxylic acids is 10. The minimum atomic E-state index is -1.36. The number of nitrogens with zero attached hydrogens (tertiary/aromatic N) is 2. The molecule has 27 heteroatoms. The Hall–Kier alpha value is -6.94. The molecular formula is C67H104N14O12S. The number of hydrogen-bond acceptors (Lipinski definition) is 16. The molecule has 4 aliphatic rings. The van der Waals surface area contributed by atoms with Crippen molar-refractivity contribution in [1.29, 1.82) is 0 Å². The Morgan fingerprint density at radius 3 is 2.14 bits per heavy atom. The van der Waals surface area contributed by atoms with Gasteiger partial charge in [0, 0.05) is 54.7 Å². The number of aliphatic hydroxyl groups excluding tert-OH is 2. The number of primary amides is 1. The van der Waals surface area contributed by atoms with Crippen molar-refractivity contribution in [3.63, 3.8) is 0 Å². The smallest absolute Gasteiger partial charge is 0.259 e. The molecule has 520 valence electrons. The van der Waals surface area contributed by atoms with E-state index in [0.717, 1.165) is 48.0 Å². The topological polar surface area (TPSA) is 421 Å². The van der Waals surface area contributed by atoms with Crippen LogP contribution in [0.2, 0.25) is 0 Å². The number of thioether (sulfide) groups is 1. The molecule has 7 rings (SSSR count). The fraction of sp³-hybridized carbons (Fsp3) is 0.687. The first-order valence-corrected chi connectivity index (χ1v) is 35.0. The van der Waals surface area contributed by atoms with Gasteiger partial charge < -0.3 is 63.5 Å². The first-order valence-electron chi connectivity index (χ1n) is 33.6. The van der Waals surface area contributed by atoms with Gasteiger partial charge in [0.1, 0.15) is 36.3 Å². The monoisotopic (exact) mass is 1330 g/mol. The average molecular weight is 1330 g/mol. The van der Waals surface area contributed by atoms with E-state index >= 15 is 0 Å². The third-order valence-corrected chi connectivity index (χ3v) is 21.8. The molecule has 94 heavy (non-hydrogen) atoms. The van der Waals surface area contributed by atoms with Crippen LogP contribution in [0.15, 0.2) is 43.0 Å². The van der Waals surface area contributed by atoms with Crippen molar-refractivity contribution in [2.45, 2.75) is 213 Å². The van der Waals surface area contributed by atoms with E-state index in [4.69, 9.17) is 17.3 Å². The van der Waals surface area contributed by atoms with E-state index in [9.17, 15) is 58.2 Å². The molecule has 4 fully saturated rings. The van der Waals surface area contributed by atoms with Gasteiger partial charge in [0.05, 0.1) is 31.1 Å². The molecule has 0 aliphatic heterocycles. The number of nitrogens with two attached hydrogens (primary N) is 3. The number of aromatic amines is 2. The van der Waals surface area contributed by atoms with E-state index in [1.807, 2.05) is 44.4 Å². The second-order valence-electron chi connectivity index (χ2n) is 28.3. The molecule has 0 spiro atoms. The molecule has 0 radical (unpaired) electrons. The van der Waals surface area contributed by atoms with Crippen LogP contribution in [-0.2, 0) is 60.8 Å². The fourth-order valence-electron chi connectivity index (χ4n) is 15.9. The Labute approximate surface area is 555 Å². The number of imide groups is 1. The average Bonchev–Trinajstić information content (AvgIpc) is 1.35. The first kappa shape index (κ1) is 74.5. The molecule has 6 unspecified atom stereocenters. The third-order valence-electron chi connectivity index (χ3n) is 21.2. The molecule has 0 saturated heterocycles. The molecule has 1 aromatic carbocycles. The van der Waals surface area contributed by atoms with E-state index < -0.39 is 131 Å². The van der Waals surface area contributed by atoms with Crippen LogP contribution in [0.25, 0.3) is 10.9 Å². The lowest BCUT2D eigenvalue weighted by molar-refractivity contribution is -0.201. The highest BCUT2D eigenvalue weighted by Crippen LogP contribution is 2.68. The number of rotatable bonds is 32. The number of hydrazine groups is 1. The molecule has 2 heterocycles. The van der Waals surface area contributed by atoms with Gasteiger partial charge in [-0.3, -0.25) is 58.3 Å². The molecule has 17 N–H and O–H groups in total. The minimum Gasteiger partial charge on any atom is -0.393 e. The van der Waals surface area contributed by atoms with Gasteiger partial charge in [0.25, 0.3) is 11.8 Å². The summed E-state index contributed by atoms with van der Waals surface area (Å²) in [6.45, 7) is 14.4. The van der Waals surface area contributed by atoms with Crippen molar-refractivity contribution in [2.24, 2.45) is 75.5 Å². The number of benzene rings is 1. The van der Waals surface area contributed by atoms with Gasteiger partial charge in [-0.15, -0.1) is 0 Å². The summed E-state index contributed by atoms with van der Waals surface area (Å²) in [4.78, 5) is 147. The maximum atomic E-state index is 14.5. The lowest BCUT2D eigenvalue weighted by atomic mass is 9.43. The summed E-state index contributed by atoms with van der Waals surface area (Å²) in [5.74, 6) is -0.0879. The second kappa shape index (κ2) is 33.1. The maximum Gasteiger partial charge on any atom is 0.259 e. The van der Waals surface area contributed by atoms with Crippen molar-refractivity contribution in [3.05, 3.63) is 54.2 Å². The number of fused-ring (bicyclic) bond motifs is 6. The van der Waals surface area contributed by atoms with Crippen LogP contribution in [0.1, 0.15) is 157 Å². The molecule has 4 saturated carbocycles. The van der Waals surface area contributed by atoms with E-state index in [2.05, 4.69) is 72.9 Å². The normalized spacial score (nSPS) is 25.7. The molecule has 3 aromatic rings. The molecule has 0 bridgehead atoms. The van der Waals surface area contributed by atoms with Gasteiger partial charge in [0.15, 0.2) is 0 Å². The number of hydrogen-bond donors (Lipinski definition) is 14. The largest absolute Gasteiger partial charge is 0.393 e. The summed E-state index contributed by atoms with van der Waals surface area (Å²) in [6.07, 6.45) is 13.5. The summed E-state index contributed by atoms with van der Waals surface area (Å²) in [7, 11) is 0. The lowest BCUT2D eigenvalue weighted by Gasteiger charge is -2.63. The van der Waals surface area contributed by atoms with Crippen molar-refractivity contribution in [2.75, 3.05) is 18.6 Å². The summed E-state index contributed by atoms with van der Waals surface area (Å²) in [5.41, 5.74) is 12.9. The van der Waals surface area contributed by atoms with Crippen LogP contribution in [-0.4, -0.2) is 162 Å². The fourth-order valence-corrected chi connectivity index (χ4v) is 16.4. The van der Waals surface area contributed by atoms with Gasteiger partial charge in [-0.25, -0.2) is 10.8 Å². The number of aliphatic hydroxyl groups is 2. The second-order valence-corrected chi connectivity index (χ2v) is 29.3. The van der Waals surface area contributed by atoms with Gasteiger partial charge >= 0.3 is 0 Å². The molecule has 2 aromatic heterocycles. The van der Waals surface area contributed by atoms with Crippen LogP contribution < -0.4 is 54.5 Å². The molecule has 4 aliphatic carbocycles. The number of carbonyl (C=O) groups is 10.